The van der Waals surface area contributed by atoms with E-state index >= 15 is 0 Å². The zero-order valence-corrected chi connectivity index (χ0v) is 9.45. The van der Waals surface area contributed by atoms with E-state index in [9.17, 15) is 4.79 Å². The van der Waals surface area contributed by atoms with Gasteiger partial charge in [-0.15, -0.1) is 0 Å². The Kier molecular flexibility index (Phi) is 2.49. The van der Waals surface area contributed by atoms with Crippen molar-refractivity contribution in [3.05, 3.63) is 65.3 Å². The monoisotopic (exact) mass is 238 g/mol. The molecule has 1 N–H and O–H groups in total. The zero-order chi connectivity index (χ0) is 12.4. The molecule has 88 valence electrons. The molecule has 18 heavy (non-hydrogen) atoms. The summed E-state index contributed by atoms with van der Waals surface area (Å²) < 4.78 is 1.39. The Morgan fingerprint density at radius 2 is 1.94 bits per heavy atom. The summed E-state index contributed by atoms with van der Waals surface area (Å²) >= 11 is 0. The van der Waals surface area contributed by atoms with Crippen LogP contribution in [0.3, 0.4) is 0 Å². The number of aromatic nitrogens is 4. The van der Waals surface area contributed by atoms with Gasteiger partial charge >= 0.3 is 0 Å². The average molecular weight is 238 g/mol. The van der Waals surface area contributed by atoms with Crippen molar-refractivity contribution in [1.82, 2.24) is 19.7 Å². The fraction of sp³-hybridized carbons (Fsp3) is 0. The second kappa shape index (κ2) is 4.29. The van der Waals surface area contributed by atoms with Crippen LogP contribution in [0.1, 0.15) is 0 Å². The molecule has 1 aromatic carbocycles. The highest BCUT2D eigenvalue weighted by Gasteiger charge is 2.06. The molecule has 2 heterocycles. The van der Waals surface area contributed by atoms with Crippen molar-refractivity contribution in [3.8, 4) is 17.1 Å². The molecule has 0 bridgehead atoms. The van der Waals surface area contributed by atoms with Gasteiger partial charge in [0.15, 0.2) is 5.82 Å². The van der Waals surface area contributed by atoms with Crippen LogP contribution >= 0.6 is 0 Å². The van der Waals surface area contributed by atoms with Crippen molar-refractivity contribution in [2.45, 2.75) is 0 Å². The van der Waals surface area contributed by atoms with Crippen molar-refractivity contribution >= 4 is 0 Å². The van der Waals surface area contributed by atoms with Gasteiger partial charge in [0.05, 0.1) is 5.69 Å². The van der Waals surface area contributed by atoms with E-state index in [1.54, 1.807) is 18.3 Å². The van der Waals surface area contributed by atoms with Crippen molar-refractivity contribution in [2.24, 2.45) is 0 Å². The van der Waals surface area contributed by atoms with E-state index in [0.29, 0.717) is 5.82 Å². The molecule has 0 amide bonds. The number of nitrogens with one attached hydrogen (secondary N) is 1. The quantitative estimate of drug-likeness (QED) is 0.738. The van der Waals surface area contributed by atoms with Gasteiger partial charge in [-0.1, -0.05) is 30.3 Å². The normalized spacial score (nSPS) is 10.4. The highest BCUT2D eigenvalue weighted by molar-refractivity contribution is 5.58. The summed E-state index contributed by atoms with van der Waals surface area (Å²) in [6.45, 7) is 0. The number of H-pyrrole nitrogens is 1. The lowest BCUT2D eigenvalue weighted by Gasteiger charge is -2.00. The van der Waals surface area contributed by atoms with Crippen LogP contribution in [-0.4, -0.2) is 19.7 Å². The number of nitrogens with zero attached hydrogens (tertiary/aromatic N) is 3. The lowest BCUT2D eigenvalue weighted by Crippen LogP contribution is -2.14. The molecule has 0 fully saturated rings. The average Bonchev–Trinajstić information content (AvgIpc) is 2.83. The summed E-state index contributed by atoms with van der Waals surface area (Å²) in [6, 6.07) is 12.9. The van der Waals surface area contributed by atoms with Crippen molar-refractivity contribution < 1.29 is 0 Å². The maximum atomic E-state index is 11.9. The number of hydrogen-bond donors (Lipinski definition) is 1. The third-order valence-electron chi connectivity index (χ3n) is 2.60. The topological polar surface area (TPSA) is 63.6 Å². The smallest absolute Gasteiger partial charge is 0.273 e. The molecule has 0 saturated heterocycles. The van der Waals surface area contributed by atoms with Gasteiger partial charge in [0.1, 0.15) is 6.33 Å². The van der Waals surface area contributed by atoms with Crippen LogP contribution in [0.15, 0.2) is 59.8 Å². The molecule has 5 nitrogen and oxygen atoms in total. The van der Waals surface area contributed by atoms with Gasteiger partial charge in [-0.05, 0) is 5.56 Å². The SMILES string of the molecule is O=c1cc(-c2ccccc2)[nH]n1-c1ccncn1. The molecule has 0 spiro atoms. The third-order valence-corrected chi connectivity index (χ3v) is 2.60. The van der Waals surface area contributed by atoms with E-state index in [2.05, 4.69) is 15.1 Å². The number of hydrogen-bond acceptors (Lipinski definition) is 3. The van der Waals surface area contributed by atoms with Gasteiger partial charge in [0.25, 0.3) is 5.56 Å². The summed E-state index contributed by atoms with van der Waals surface area (Å²) in [4.78, 5) is 19.7. The van der Waals surface area contributed by atoms with Crippen molar-refractivity contribution in [2.75, 3.05) is 0 Å². The molecule has 5 heteroatoms. The molecular weight excluding hydrogens is 228 g/mol. The van der Waals surface area contributed by atoms with Crippen LogP contribution < -0.4 is 5.56 Å². The van der Waals surface area contributed by atoms with Crippen LogP contribution in [-0.2, 0) is 0 Å². The highest BCUT2D eigenvalue weighted by atomic mass is 16.1. The first kappa shape index (κ1) is 10.5. The molecule has 0 radical (unpaired) electrons. The second-order valence-electron chi connectivity index (χ2n) is 3.78. The largest absolute Gasteiger partial charge is 0.289 e. The molecule has 0 saturated carbocycles. The second-order valence-corrected chi connectivity index (χ2v) is 3.78. The van der Waals surface area contributed by atoms with Gasteiger partial charge < -0.3 is 0 Å². The lowest BCUT2D eigenvalue weighted by atomic mass is 10.2. The Labute approximate surface area is 103 Å². The molecule has 0 aliphatic heterocycles. The molecule has 2 aromatic heterocycles. The Morgan fingerprint density at radius 3 is 2.67 bits per heavy atom. The van der Waals surface area contributed by atoms with E-state index in [1.807, 2.05) is 30.3 Å². The Bertz CT molecular complexity index is 701. The summed E-state index contributed by atoms with van der Waals surface area (Å²) in [7, 11) is 0. The maximum Gasteiger partial charge on any atom is 0.273 e. The molecule has 3 aromatic rings. The van der Waals surface area contributed by atoms with Crippen LogP contribution in [0.25, 0.3) is 17.1 Å². The van der Waals surface area contributed by atoms with Crippen LogP contribution in [0, 0.1) is 0 Å². The predicted molar refractivity (Wildman–Crippen MR) is 67.4 cm³/mol. The summed E-state index contributed by atoms with van der Waals surface area (Å²) in [6.07, 6.45) is 3.00. The minimum Gasteiger partial charge on any atom is -0.289 e. The summed E-state index contributed by atoms with van der Waals surface area (Å²) in [5.74, 6) is 0.525. The maximum absolute atomic E-state index is 11.9. The van der Waals surface area contributed by atoms with Crippen LogP contribution in [0.2, 0.25) is 0 Å². The van der Waals surface area contributed by atoms with Gasteiger partial charge in [0.2, 0.25) is 0 Å². The number of rotatable bonds is 2. The molecule has 0 aliphatic rings. The van der Waals surface area contributed by atoms with Crippen LogP contribution in [0.5, 0.6) is 0 Å². The van der Waals surface area contributed by atoms with Gasteiger partial charge in [-0.2, -0.15) is 0 Å². The van der Waals surface area contributed by atoms with Gasteiger partial charge in [0, 0.05) is 18.3 Å². The van der Waals surface area contributed by atoms with E-state index in [4.69, 9.17) is 0 Å². The van der Waals surface area contributed by atoms with Crippen molar-refractivity contribution in [3.63, 3.8) is 0 Å². The third kappa shape index (κ3) is 1.82. The summed E-state index contributed by atoms with van der Waals surface area (Å²) in [5, 5.41) is 3.03. The van der Waals surface area contributed by atoms with E-state index < -0.39 is 0 Å². The van der Waals surface area contributed by atoms with Crippen LogP contribution in [0.4, 0.5) is 0 Å². The van der Waals surface area contributed by atoms with Gasteiger partial charge in [-0.3, -0.25) is 9.89 Å². The molecule has 0 atom stereocenters. The van der Waals surface area contributed by atoms with Crippen molar-refractivity contribution in [1.29, 1.82) is 0 Å². The zero-order valence-electron chi connectivity index (χ0n) is 9.45. The minimum atomic E-state index is -0.146. The van der Waals surface area contributed by atoms with E-state index in [-0.39, 0.29) is 5.56 Å². The first-order valence-corrected chi connectivity index (χ1v) is 5.48. The molecule has 3 rings (SSSR count). The molecule has 0 aliphatic carbocycles. The standard InChI is InChI=1S/C13H10N4O/c18-13-8-11(10-4-2-1-3-5-10)16-17(13)12-6-7-14-9-15-12/h1-9,16H. The van der Waals surface area contributed by atoms with Gasteiger partial charge in [-0.25, -0.2) is 14.6 Å². The summed E-state index contributed by atoms with van der Waals surface area (Å²) in [5.41, 5.74) is 1.58. The fourth-order valence-corrected chi connectivity index (χ4v) is 1.75. The van der Waals surface area contributed by atoms with E-state index in [1.165, 1.54) is 11.0 Å². The Morgan fingerprint density at radius 1 is 1.11 bits per heavy atom. The predicted octanol–water partition coefficient (Wildman–Crippen LogP) is 1.62. The lowest BCUT2D eigenvalue weighted by molar-refractivity contribution is 0.815. The van der Waals surface area contributed by atoms with E-state index in [0.717, 1.165) is 11.3 Å². The highest BCUT2D eigenvalue weighted by Crippen LogP contribution is 2.14. The minimum absolute atomic E-state index is 0.146. The first-order valence-electron chi connectivity index (χ1n) is 5.48. The first-order chi connectivity index (χ1) is 8.84. The fourth-order valence-electron chi connectivity index (χ4n) is 1.75. The number of aromatic amines is 1. The molecular formula is C13H10N4O. The number of benzene rings is 1. The molecule has 0 unspecified atom stereocenters. The Hall–Kier alpha value is -2.69. The Balaban J connectivity index is 2.10.